The second-order valence-corrected chi connectivity index (χ2v) is 9.48. The molecule has 1 amide bonds. The number of amides is 1. The molecule has 2 aliphatic rings. The highest BCUT2D eigenvalue weighted by Crippen LogP contribution is 2.24. The van der Waals surface area contributed by atoms with Gasteiger partial charge in [0, 0.05) is 43.2 Å². The maximum absolute atomic E-state index is 12.6. The van der Waals surface area contributed by atoms with Crippen molar-refractivity contribution in [3.63, 3.8) is 0 Å². The van der Waals surface area contributed by atoms with Gasteiger partial charge in [-0.3, -0.25) is 4.79 Å². The molecule has 4 rings (SSSR count). The maximum Gasteiger partial charge on any atom is 0.255 e. The lowest BCUT2D eigenvalue weighted by atomic mass is 10.2. The van der Waals surface area contributed by atoms with E-state index in [-0.39, 0.29) is 23.5 Å². The quantitative estimate of drug-likeness (QED) is 0.707. The third kappa shape index (κ3) is 5.00. The molecule has 0 spiro atoms. The Bertz CT molecular complexity index is 980. The first-order chi connectivity index (χ1) is 14.5. The Labute approximate surface area is 177 Å². The number of carbonyl (C=O) groups excluding carboxylic acids is 1. The molecule has 30 heavy (non-hydrogen) atoms. The Morgan fingerprint density at radius 1 is 1.07 bits per heavy atom. The van der Waals surface area contributed by atoms with Gasteiger partial charge in [0.05, 0.1) is 11.0 Å². The van der Waals surface area contributed by atoms with Crippen LogP contribution in [0.4, 0.5) is 11.4 Å². The molecule has 1 atom stereocenters. The van der Waals surface area contributed by atoms with Gasteiger partial charge in [-0.2, -0.15) is 0 Å². The van der Waals surface area contributed by atoms with Crippen LogP contribution < -0.4 is 14.9 Å². The summed E-state index contributed by atoms with van der Waals surface area (Å²) in [6.45, 7) is 3.01. The molecule has 0 radical (unpaired) electrons. The van der Waals surface area contributed by atoms with Crippen molar-refractivity contribution in [2.24, 2.45) is 0 Å². The van der Waals surface area contributed by atoms with Gasteiger partial charge in [0.2, 0.25) is 10.0 Å². The number of sulfonamides is 1. The SMILES string of the molecule is O=C(Nc1cccc(N2CCCC2)c1)c1ccc(S(=O)(=O)NCC2CCCO2)cc1. The van der Waals surface area contributed by atoms with Crippen LogP contribution in [-0.2, 0) is 14.8 Å². The van der Waals surface area contributed by atoms with Crippen molar-refractivity contribution in [3.8, 4) is 0 Å². The number of carbonyl (C=O) groups is 1. The molecule has 2 aliphatic heterocycles. The van der Waals surface area contributed by atoms with Crippen LogP contribution in [0.15, 0.2) is 53.4 Å². The number of ether oxygens (including phenoxy) is 1. The number of rotatable bonds is 7. The highest BCUT2D eigenvalue weighted by molar-refractivity contribution is 7.89. The van der Waals surface area contributed by atoms with E-state index in [0.717, 1.165) is 37.3 Å². The van der Waals surface area contributed by atoms with E-state index in [9.17, 15) is 13.2 Å². The van der Waals surface area contributed by atoms with Gasteiger partial charge < -0.3 is 15.0 Å². The van der Waals surface area contributed by atoms with E-state index in [1.165, 1.54) is 37.1 Å². The lowest BCUT2D eigenvalue weighted by Crippen LogP contribution is -2.31. The Kier molecular flexibility index (Phi) is 6.36. The summed E-state index contributed by atoms with van der Waals surface area (Å²) >= 11 is 0. The van der Waals surface area contributed by atoms with Crippen LogP contribution in [0.2, 0.25) is 0 Å². The molecule has 7 nitrogen and oxygen atoms in total. The molecule has 2 aromatic carbocycles. The minimum absolute atomic E-state index is 0.0684. The summed E-state index contributed by atoms with van der Waals surface area (Å²) in [5, 5.41) is 2.90. The number of nitrogens with one attached hydrogen (secondary N) is 2. The number of benzene rings is 2. The molecule has 2 saturated heterocycles. The molecule has 2 fully saturated rings. The summed E-state index contributed by atoms with van der Waals surface area (Å²) in [5.74, 6) is -0.273. The first-order valence-corrected chi connectivity index (χ1v) is 11.9. The maximum atomic E-state index is 12.6. The summed E-state index contributed by atoms with van der Waals surface area (Å²) < 4.78 is 32.9. The summed E-state index contributed by atoms with van der Waals surface area (Å²) in [5.41, 5.74) is 2.23. The predicted molar refractivity (Wildman–Crippen MR) is 116 cm³/mol. The Balaban J connectivity index is 1.38. The van der Waals surface area contributed by atoms with Crippen molar-refractivity contribution >= 4 is 27.3 Å². The molecule has 8 heteroatoms. The molecule has 0 aromatic heterocycles. The number of anilines is 2. The van der Waals surface area contributed by atoms with Crippen LogP contribution in [0.25, 0.3) is 0 Å². The third-order valence-electron chi connectivity index (χ3n) is 5.53. The van der Waals surface area contributed by atoms with E-state index in [4.69, 9.17) is 4.74 Å². The molecule has 2 heterocycles. The number of hydrogen-bond donors (Lipinski definition) is 2. The normalized spacial score (nSPS) is 19.2. The predicted octanol–water partition coefficient (Wildman–Crippen LogP) is 3.00. The van der Waals surface area contributed by atoms with E-state index >= 15 is 0 Å². The molecule has 2 N–H and O–H groups in total. The van der Waals surface area contributed by atoms with Gasteiger partial charge in [0.1, 0.15) is 0 Å². The third-order valence-corrected chi connectivity index (χ3v) is 6.97. The number of hydrogen-bond acceptors (Lipinski definition) is 5. The molecule has 160 valence electrons. The molecular formula is C22H27N3O4S. The first-order valence-electron chi connectivity index (χ1n) is 10.4. The average molecular weight is 430 g/mol. The van der Waals surface area contributed by atoms with Crippen LogP contribution in [0.5, 0.6) is 0 Å². The standard InChI is InChI=1S/C22H27N3O4S/c26-22(24-18-5-3-6-19(15-18)25-12-1-2-13-25)17-8-10-21(11-9-17)30(27,28)23-16-20-7-4-14-29-20/h3,5-6,8-11,15,20,23H,1-2,4,7,12-14,16H2,(H,24,26). The summed E-state index contributed by atoms with van der Waals surface area (Å²) in [7, 11) is -3.63. The number of nitrogens with zero attached hydrogens (tertiary/aromatic N) is 1. The Morgan fingerprint density at radius 2 is 1.83 bits per heavy atom. The first kappa shape index (κ1) is 20.8. The highest BCUT2D eigenvalue weighted by Gasteiger charge is 2.20. The summed E-state index contributed by atoms with van der Waals surface area (Å²) in [6.07, 6.45) is 4.13. The molecule has 0 bridgehead atoms. The summed E-state index contributed by atoms with van der Waals surface area (Å²) in [4.78, 5) is 15.0. The van der Waals surface area contributed by atoms with Gasteiger partial charge in [-0.25, -0.2) is 13.1 Å². The Morgan fingerprint density at radius 3 is 2.53 bits per heavy atom. The minimum atomic E-state index is -3.63. The van der Waals surface area contributed by atoms with Gasteiger partial charge in [-0.15, -0.1) is 0 Å². The second-order valence-electron chi connectivity index (χ2n) is 7.71. The fraction of sp³-hybridized carbons (Fsp3) is 0.409. The van der Waals surface area contributed by atoms with Gasteiger partial charge in [0.15, 0.2) is 0 Å². The largest absolute Gasteiger partial charge is 0.377 e. The smallest absolute Gasteiger partial charge is 0.255 e. The van der Waals surface area contributed by atoms with E-state index in [1.807, 2.05) is 24.3 Å². The van der Waals surface area contributed by atoms with Gasteiger partial charge >= 0.3 is 0 Å². The van der Waals surface area contributed by atoms with Crippen LogP contribution in [0.3, 0.4) is 0 Å². The van der Waals surface area contributed by atoms with Crippen molar-refractivity contribution in [1.29, 1.82) is 0 Å². The van der Waals surface area contributed by atoms with Crippen molar-refractivity contribution in [3.05, 3.63) is 54.1 Å². The Hall–Kier alpha value is -2.42. The van der Waals surface area contributed by atoms with E-state index in [0.29, 0.717) is 12.2 Å². The van der Waals surface area contributed by atoms with E-state index < -0.39 is 10.0 Å². The second kappa shape index (κ2) is 9.16. The minimum Gasteiger partial charge on any atom is -0.377 e. The lowest BCUT2D eigenvalue weighted by Gasteiger charge is -2.18. The fourth-order valence-corrected chi connectivity index (χ4v) is 4.90. The zero-order valence-corrected chi connectivity index (χ0v) is 17.7. The van der Waals surface area contributed by atoms with Crippen LogP contribution >= 0.6 is 0 Å². The van der Waals surface area contributed by atoms with Crippen LogP contribution in [-0.4, -0.2) is 46.7 Å². The molecule has 0 aliphatic carbocycles. The van der Waals surface area contributed by atoms with Crippen molar-refractivity contribution in [1.82, 2.24) is 4.72 Å². The molecule has 1 unspecified atom stereocenters. The molecule has 0 saturated carbocycles. The monoisotopic (exact) mass is 429 g/mol. The summed E-state index contributed by atoms with van der Waals surface area (Å²) in [6, 6.07) is 13.8. The van der Waals surface area contributed by atoms with Gasteiger partial charge in [-0.05, 0) is 68.1 Å². The van der Waals surface area contributed by atoms with Crippen LogP contribution in [0.1, 0.15) is 36.0 Å². The zero-order valence-electron chi connectivity index (χ0n) is 16.8. The zero-order chi connectivity index (χ0) is 21.0. The van der Waals surface area contributed by atoms with Crippen LogP contribution in [0, 0.1) is 0 Å². The topological polar surface area (TPSA) is 87.7 Å². The highest BCUT2D eigenvalue weighted by atomic mass is 32.2. The van der Waals surface area contributed by atoms with Gasteiger partial charge in [-0.1, -0.05) is 6.07 Å². The van der Waals surface area contributed by atoms with Crippen molar-refractivity contribution in [2.75, 3.05) is 36.5 Å². The fourth-order valence-electron chi connectivity index (χ4n) is 3.84. The van der Waals surface area contributed by atoms with E-state index in [2.05, 4.69) is 14.9 Å². The van der Waals surface area contributed by atoms with Gasteiger partial charge in [0.25, 0.3) is 5.91 Å². The molecule has 2 aromatic rings. The van der Waals surface area contributed by atoms with E-state index in [1.54, 1.807) is 0 Å². The van der Waals surface area contributed by atoms with Crippen molar-refractivity contribution in [2.45, 2.75) is 36.7 Å². The average Bonchev–Trinajstić information content (AvgIpc) is 3.47. The lowest BCUT2D eigenvalue weighted by molar-refractivity contribution is 0.102. The van der Waals surface area contributed by atoms with Crippen molar-refractivity contribution < 1.29 is 17.9 Å². The molecular weight excluding hydrogens is 402 g/mol.